The monoisotopic (exact) mass is 276 g/mol. The first kappa shape index (κ1) is 16.2. The smallest absolute Gasteiger partial charge is 0.313 e. The quantitative estimate of drug-likeness (QED) is 0.620. The molecule has 1 rings (SSSR count). The zero-order valence-electron chi connectivity index (χ0n) is 12.6. The highest BCUT2D eigenvalue weighted by molar-refractivity contribution is 6.39. The third kappa shape index (κ3) is 5.43. The number of hydrogen-bond donors (Lipinski definition) is 2. The SMILES string of the molecule is CCCCCCNC(=O)C(=O)Nc1ccc(C)cc1C. The number of benzene rings is 1. The Labute approximate surface area is 121 Å². The summed E-state index contributed by atoms with van der Waals surface area (Å²) in [6.45, 7) is 6.59. The molecule has 4 nitrogen and oxygen atoms in total. The number of anilines is 1. The van der Waals surface area contributed by atoms with Crippen LogP contribution in [0.15, 0.2) is 18.2 Å². The van der Waals surface area contributed by atoms with Crippen LogP contribution in [0.3, 0.4) is 0 Å². The Morgan fingerprint density at radius 1 is 1.05 bits per heavy atom. The summed E-state index contributed by atoms with van der Waals surface area (Å²) >= 11 is 0. The molecule has 0 atom stereocenters. The van der Waals surface area contributed by atoms with Crippen LogP contribution in [0.4, 0.5) is 5.69 Å². The van der Waals surface area contributed by atoms with Crippen LogP contribution in [0.2, 0.25) is 0 Å². The zero-order valence-corrected chi connectivity index (χ0v) is 12.6. The van der Waals surface area contributed by atoms with Gasteiger partial charge in [0.25, 0.3) is 0 Å². The molecule has 0 bridgehead atoms. The van der Waals surface area contributed by atoms with Crippen LogP contribution in [0, 0.1) is 13.8 Å². The van der Waals surface area contributed by atoms with Crippen LogP contribution in [-0.2, 0) is 9.59 Å². The van der Waals surface area contributed by atoms with E-state index in [9.17, 15) is 9.59 Å². The molecule has 0 saturated heterocycles. The number of aryl methyl sites for hydroxylation is 2. The lowest BCUT2D eigenvalue weighted by atomic mass is 10.1. The fourth-order valence-corrected chi connectivity index (χ4v) is 1.97. The molecule has 0 aliphatic rings. The number of rotatable bonds is 6. The topological polar surface area (TPSA) is 58.2 Å². The molecule has 20 heavy (non-hydrogen) atoms. The van der Waals surface area contributed by atoms with Gasteiger partial charge in [0.2, 0.25) is 0 Å². The maximum atomic E-state index is 11.7. The number of carbonyl (C=O) groups excluding carboxylic acids is 2. The Balaban J connectivity index is 2.39. The molecule has 0 spiro atoms. The molecule has 1 aromatic rings. The average Bonchev–Trinajstić information content (AvgIpc) is 2.41. The van der Waals surface area contributed by atoms with Crippen LogP contribution in [0.25, 0.3) is 0 Å². The van der Waals surface area contributed by atoms with E-state index < -0.39 is 11.8 Å². The third-order valence-corrected chi connectivity index (χ3v) is 3.15. The molecule has 0 aliphatic heterocycles. The predicted molar refractivity (Wildman–Crippen MR) is 81.7 cm³/mol. The van der Waals surface area contributed by atoms with E-state index >= 15 is 0 Å². The molecule has 1 aromatic carbocycles. The summed E-state index contributed by atoms with van der Waals surface area (Å²) in [5.41, 5.74) is 2.76. The highest BCUT2D eigenvalue weighted by Gasteiger charge is 2.13. The fourth-order valence-electron chi connectivity index (χ4n) is 1.97. The van der Waals surface area contributed by atoms with Crippen LogP contribution in [-0.4, -0.2) is 18.4 Å². The van der Waals surface area contributed by atoms with Crippen molar-refractivity contribution < 1.29 is 9.59 Å². The summed E-state index contributed by atoms with van der Waals surface area (Å²) in [4.78, 5) is 23.4. The van der Waals surface area contributed by atoms with Gasteiger partial charge in [-0.05, 0) is 31.9 Å². The van der Waals surface area contributed by atoms with Gasteiger partial charge in [-0.15, -0.1) is 0 Å². The van der Waals surface area contributed by atoms with Gasteiger partial charge in [-0.2, -0.15) is 0 Å². The fraction of sp³-hybridized carbons (Fsp3) is 0.500. The van der Waals surface area contributed by atoms with Gasteiger partial charge >= 0.3 is 11.8 Å². The molecule has 110 valence electrons. The summed E-state index contributed by atoms with van der Waals surface area (Å²) in [5.74, 6) is -1.17. The van der Waals surface area contributed by atoms with Crippen LogP contribution in [0.1, 0.15) is 43.7 Å². The van der Waals surface area contributed by atoms with Gasteiger partial charge in [0, 0.05) is 12.2 Å². The largest absolute Gasteiger partial charge is 0.348 e. The Morgan fingerprint density at radius 2 is 1.80 bits per heavy atom. The lowest BCUT2D eigenvalue weighted by Gasteiger charge is -2.09. The van der Waals surface area contributed by atoms with Crippen LogP contribution in [0.5, 0.6) is 0 Å². The second kappa shape index (κ2) is 8.35. The highest BCUT2D eigenvalue weighted by Crippen LogP contribution is 2.15. The van der Waals surface area contributed by atoms with Gasteiger partial charge in [0.1, 0.15) is 0 Å². The van der Waals surface area contributed by atoms with E-state index in [1.165, 1.54) is 0 Å². The second-order valence-electron chi connectivity index (χ2n) is 5.09. The van der Waals surface area contributed by atoms with E-state index in [-0.39, 0.29) is 0 Å². The van der Waals surface area contributed by atoms with Gasteiger partial charge < -0.3 is 10.6 Å². The normalized spacial score (nSPS) is 10.2. The number of carbonyl (C=O) groups is 2. The summed E-state index contributed by atoms with van der Waals surface area (Å²) in [6.07, 6.45) is 4.30. The van der Waals surface area contributed by atoms with Gasteiger partial charge in [0.15, 0.2) is 0 Å². The van der Waals surface area contributed by atoms with Crippen molar-refractivity contribution in [2.75, 3.05) is 11.9 Å². The third-order valence-electron chi connectivity index (χ3n) is 3.15. The van der Waals surface area contributed by atoms with Gasteiger partial charge in [-0.1, -0.05) is 43.9 Å². The van der Waals surface area contributed by atoms with E-state index in [1.807, 2.05) is 32.0 Å². The molecule has 2 N–H and O–H groups in total. The Bertz CT molecular complexity index is 470. The van der Waals surface area contributed by atoms with Crippen molar-refractivity contribution in [2.24, 2.45) is 0 Å². The Morgan fingerprint density at radius 3 is 2.45 bits per heavy atom. The Hall–Kier alpha value is -1.84. The molecular formula is C16H24N2O2. The predicted octanol–water partition coefficient (Wildman–Crippen LogP) is 2.94. The minimum atomic E-state index is -0.604. The molecule has 0 saturated carbocycles. The zero-order chi connectivity index (χ0) is 15.0. The summed E-state index contributed by atoms with van der Waals surface area (Å²) in [6, 6.07) is 5.70. The minimum Gasteiger partial charge on any atom is -0.348 e. The van der Waals surface area contributed by atoms with Crippen molar-refractivity contribution in [3.63, 3.8) is 0 Å². The van der Waals surface area contributed by atoms with E-state index in [0.29, 0.717) is 12.2 Å². The first-order valence-corrected chi connectivity index (χ1v) is 7.21. The second-order valence-corrected chi connectivity index (χ2v) is 5.09. The van der Waals surface area contributed by atoms with Crippen molar-refractivity contribution >= 4 is 17.5 Å². The maximum Gasteiger partial charge on any atom is 0.313 e. The number of amides is 2. The lowest BCUT2D eigenvalue weighted by Crippen LogP contribution is -2.36. The van der Waals surface area contributed by atoms with Crippen LogP contribution >= 0.6 is 0 Å². The summed E-state index contributed by atoms with van der Waals surface area (Å²) in [7, 11) is 0. The first-order valence-electron chi connectivity index (χ1n) is 7.21. The molecule has 0 heterocycles. The molecule has 2 amide bonds. The number of unbranched alkanes of at least 4 members (excludes halogenated alkanes) is 3. The van der Waals surface area contributed by atoms with E-state index in [1.54, 1.807) is 0 Å². The lowest BCUT2D eigenvalue weighted by molar-refractivity contribution is -0.136. The van der Waals surface area contributed by atoms with E-state index in [0.717, 1.165) is 36.8 Å². The summed E-state index contributed by atoms with van der Waals surface area (Å²) < 4.78 is 0. The maximum absolute atomic E-state index is 11.7. The average molecular weight is 276 g/mol. The number of nitrogens with one attached hydrogen (secondary N) is 2. The molecule has 0 aliphatic carbocycles. The molecular weight excluding hydrogens is 252 g/mol. The molecule has 4 heteroatoms. The molecule has 0 fully saturated rings. The van der Waals surface area contributed by atoms with Crippen molar-refractivity contribution in [2.45, 2.75) is 46.5 Å². The van der Waals surface area contributed by atoms with Crippen molar-refractivity contribution in [1.29, 1.82) is 0 Å². The van der Waals surface area contributed by atoms with Gasteiger partial charge in [-0.25, -0.2) is 0 Å². The van der Waals surface area contributed by atoms with Crippen molar-refractivity contribution in [3.05, 3.63) is 29.3 Å². The molecule has 0 unspecified atom stereocenters. The minimum absolute atomic E-state index is 0.555. The molecule has 0 radical (unpaired) electrons. The standard InChI is InChI=1S/C16H24N2O2/c1-4-5-6-7-10-17-15(19)16(20)18-14-9-8-12(2)11-13(14)3/h8-9,11H,4-7,10H2,1-3H3,(H,17,19)(H,18,20). The van der Waals surface area contributed by atoms with E-state index in [2.05, 4.69) is 17.6 Å². The van der Waals surface area contributed by atoms with Gasteiger partial charge in [0.05, 0.1) is 0 Å². The Kier molecular flexibility index (Phi) is 6.77. The van der Waals surface area contributed by atoms with Crippen molar-refractivity contribution in [1.82, 2.24) is 5.32 Å². The molecule has 0 aromatic heterocycles. The first-order chi connectivity index (χ1) is 9.54. The highest BCUT2D eigenvalue weighted by atomic mass is 16.2. The van der Waals surface area contributed by atoms with Crippen molar-refractivity contribution in [3.8, 4) is 0 Å². The van der Waals surface area contributed by atoms with Crippen LogP contribution < -0.4 is 10.6 Å². The van der Waals surface area contributed by atoms with E-state index in [4.69, 9.17) is 0 Å². The van der Waals surface area contributed by atoms with Gasteiger partial charge in [-0.3, -0.25) is 9.59 Å². The summed E-state index contributed by atoms with van der Waals surface area (Å²) in [5, 5.41) is 5.28. The number of hydrogen-bond acceptors (Lipinski definition) is 2.